The summed E-state index contributed by atoms with van der Waals surface area (Å²) < 4.78 is 23.0. The zero-order valence-electron chi connectivity index (χ0n) is 11.4. The van der Waals surface area contributed by atoms with Gasteiger partial charge in [0, 0.05) is 12.2 Å². The molecule has 114 valence electrons. The van der Waals surface area contributed by atoms with Gasteiger partial charge in [0.25, 0.3) is 5.91 Å². The minimum atomic E-state index is -3.22. The highest BCUT2D eigenvalue weighted by Crippen LogP contribution is 2.19. The lowest BCUT2D eigenvalue weighted by Gasteiger charge is -2.26. The van der Waals surface area contributed by atoms with Gasteiger partial charge in [-0.15, -0.1) is 0 Å². The molecule has 1 aromatic rings. The summed E-state index contributed by atoms with van der Waals surface area (Å²) in [5.41, 5.74) is 0.630. The van der Waals surface area contributed by atoms with Gasteiger partial charge in [-0.1, -0.05) is 0 Å². The summed E-state index contributed by atoms with van der Waals surface area (Å²) in [6, 6.07) is -0.637. The molecule has 8 nitrogen and oxygen atoms in total. The Morgan fingerprint density at radius 3 is 2.57 bits per heavy atom. The molecule has 0 aromatic carbocycles. The number of rotatable bonds is 4. The van der Waals surface area contributed by atoms with E-state index in [0.717, 1.165) is 4.90 Å². The molecule has 1 unspecified atom stereocenters. The van der Waals surface area contributed by atoms with Crippen molar-refractivity contribution in [3.63, 3.8) is 0 Å². The molecule has 1 aliphatic heterocycles. The predicted molar refractivity (Wildman–Crippen MR) is 72.5 cm³/mol. The smallest absolute Gasteiger partial charge is 0.323 e. The van der Waals surface area contributed by atoms with Crippen LogP contribution in [0.5, 0.6) is 0 Å². The van der Waals surface area contributed by atoms with Crippen molar-refractivity contribution >= 4 is 21.7 Å². The Morgan fingerprint density at radius 1 is 1.38 bits per heavy atom. The molecule has 1 fully saturated rings. The van der Waals surface area contributed by atoms with Gasteiger partial charge in [0.05, 0.1) is 23.4 Å². The van der Waals surface area contributed by atoms with Gasteiger partial charge in [0.15, 0.2) is 9.84 Å². The van der Waals surface area contributed by atoms with E-state index in [1.807, 2.05) is 0 Å². The molecule has 1 atom stereocenters. The van der Waals surface area contributed by atoms with Crippen molar-refractivity contribution < 1.29 is 23.1 Å². The molecule has 2 heterocycles. The van der Waals surface area contributed by atoms with Gasteiger partial charge in [-0.3, -0.25) is 14.6 Å². The third-order valence-electron chi connectivity index (χ3n) is 3.22. The molecule has 21 heavy (non-hydrogen) atoms. The van der Waals surface area contributed by atoms with E-state index in [9.17, 15) is 18.0 Å². The summed E-state index contributed by atoms with van der Waals surface area (Å²) in [6.45, 7) is 1.15. The van der Waals surface area contributed by atoms with E-state index in [4.69, 9.17) is 5.11 Å². The quantitative estimate of drug-likeness (QED) is 0.796. The normalized spacial score (nSPS) is 20.1. The second-order valence-corrected chi connectivity index (χ2v) is 7.16. The summed E-state index contributed by atoms with van der Waals surface area (Å²) in [5.74, 6) is -2.08. The van der Waals surface area contributed by atoms with Crippen LogP contribution in [0.25, 0.3) is 0 Å². The van der Waals surface area contributed by atoms with E-state index < -0.39 is 34.3 Å². The van der Waals surface area contributed by atoms with Crippen molar-refractivity contribution in [2.75, 3.05) is 18.1 Å². The molecule has 2 rings (SSSR count). The summed E-state index contributed by atoms with van der Waals surface area (Å²) >= 11 is 0. The largest absolute Gasteiger partial charge is 0.480 e. The van der Waals surface area contributed by atoms with Crippen molar-refractivity contribution in [2.45, 2.75) is 19.4 Å². The molecule has 1 aliphatic rings. The molecular weight excluding hydrogens is 298 g/mol. The zero-order chi connectivity index (χ0) is 15.6. The van der Waals surface area contributed by atoms with Gasteiger partial charge >= 0.3 is 5.97 Å². The highest BCUT2D eigenvalue weighted by molar-refractivity contribution is 7.91. The molecule has 1 N–H and O–H groups in total. The summed E-state index contributed by atoms with van der Waals surface area (Å²) in [5, 5.41) is 8.93. The third kappa shape index (κ3) is 3.75. The van der Waals surface area contributed by atoms with Gasteiger partial charge in [0.2, 0.25) is 0 Å². The average molecular weight is 313 g/mol. The molecule has 1 amide bonds. The fraction of sp³-hybridized carbons (Fsp3) is 0.500. The Morgan fingerprint density at radius 2 is 2.10 bits per heavy atom. The van der Waals surface area contributed by atoms with Crippen molar-refractivity contribution in [2.24, 2.45) is 0 Å². The van der Waals surface area contributed by atoms with Crippen LogP contribution in [0.4, 0.5) is 0 Å². The lowest BCUT2D eigenvalue weighted by molar-refractivity contribution is -0.138. The lowest BCUT2D eigenvalue weighted by Crippen LogP contribution is -2.44. The van der Waals surface area contributed by atoms with Crippen molar-refractivity contribution in [3.8, 4) is 0 Å². The predicted octanol–water partition coefficient (Wildman–Crippen LogP) is -0.501. The minimum Gasteiger partial charge on any atom is -0.480 e. The van der Waals surface area contributed by atoms with Crippen LogP contribution in [-0.2, 0) is 14.6 Å². The van der Waals surface area contributed by atoms with E-state index in [1.165, 1.54) is 12.4 Å². The highest BCUT2D eigenvalue weighted by atomic mass is 32.2. The van der Waals surface area contributed by atoms with Crippen LogP contribution in [0, 0.1) is 6.92 Å². The second-order valence-electron chi connectivity index (χ2n) is 4.93. The van der Waals surface area contributed by atoms with Gasteiger partial charge in [-0.05, 0) is 13.3 Å². The first-order chi connectivity index (χ1) is 9.78. The molecule has 0 aliphatic carbocycles. The molecule has 1 saturated heterocycles. The van der Waals surface area contributed by atoms with E-state index >= 15 is 0 Å². The molecule has 0 spiro atoms. The van der Waals surface area contributed by atoms with Gasteiger partial charge in [0.1, 0.15) is 12.2 Å². The van der Waals surface area contributed by atoms with Gasteiger partial charge in [-0.25, -0.2) is 13.4 Å². The number of carbonyl (C=O) groups is 2. The van der Waals surface area contributed by atoms with E-state index in [-0.39, 0.29) is 23.6 Å². The summed E-state index contributed by atoms with van der Waals surface area (Å²) in [7, 11) is -3.22. The Kier molecular flexibility index (Phi) is 4.21. The Hall–Kier alpha value is -2.03. The Balaban J connectivity index is 2.25. The average Bonchev–Trinajstić information content (AvgIpc) is 2.76. The van der Waals surface area contributed by atoms with Crippen LogP contribution < -0.4 is 0 Å². The molecule has 0 bridgehead atoms. The molecule has 1 aromatic heterocycles. The van der Waals surface area contributed by atoms with Crippen LogP contribution >= 0.6 is 0 Å². The standard InChI is InChI=1S/C12H15N3O5S/c1-8-4-14-10(5-13-8)12(18)15(6-11(16)17)9-2-3-21(19,20)7-9/h4-5,9H,2-3,6-7H2,1H3,(H,16,17). The number of carboxylic acids is 1. The van der Waals surface area contributed by atoms with E-state index in [2.05, 4.69) is 9.97 Å². The number of carbonyl (C=O) groups excluding carboxylic acids is 1. The monoisotopic (exact) mass is 313 g/mol. The van der Waals surface area contributed by atoms with E-state index in [1.54, 1.807) is 6.92 Å². The topological polar surface area (TPSA) is 118 Å². The number of aryl methyl sites for hydroxylation is 1. The Bertz CT molecular complexity index is 656. The van der Waals surface area contributed by atoms with Crippen LogP contribution in [-0.4, -0.2) is 64.4 Å². The number of amides is 1. The van der Waals surface area contributed by atoms with Crippen LogP contribution in [0.3, 0.4) is 0 Å². The third-order valence-corrected chi connectivity index (χ3v) is 4.97. The maximum absolute atomic E-state index is 12.4. The molecule has 0 saturated carbocycles. The fourth-order valence-corrected chi connectivity index (χ4v) is 3.91. The van der Waals surface area contributed by atoms with Gasteiger partial charge in [-0.2, -0.15) is 0 Å². The lowest BCUT2D eigenvalue weighted by atomic mass is 10.2. The SMILES string of the molecule is Cc1cnc(C(=O)N(CC(=O)O)C2CCS(=O)(=O)C2)cn1. The maximum atomic E-state index is 12.4. The number of hydrogen-bond acceptors (Lipinski definition) is 6. The first kappa shape index (κ1) is 15.4. The van der Waals surface area contributed by atoms with Crippen LogP contribution in [0.15, 0.2) is 12.4 Å². The van der Waals surface area contributed by atoms with Crippen molar-refractivity contribution in [1.82, 2.24) is 14.9 Å². The van der Waals surface area contributed by atoms with Crippen molar-refractivity contribution in [1.29, 1.82) is 0 Å². The minimum absolute atomic E-state index is 0.00569. The van der Waals surface area contributed by atoms with Crippen molar-refractivity contribution in [3.05, 3.63) is 23.8 Å². The maximum Gasteiger partial charge on any atom is 0.323 e. The first-order valence-electron chi connectivity index (χ1n) is 6.30. The Labute approximate surface area is 121 Å². The number of sulfone groups is 1. The van der Waals surface area contributed by atoms with Crippen LogP contribution in [0.1, 0.15) is 22.6 Å². The fourth-order valence-electron chi connectivity index (χ4n) is 2.18. The second kappa shape index (κ2) is 5.76. The number of aromatic nitrogens is 2. The molecule has 9 heteroatoms. The van der Waals surface area contributed by atoms with Gasteiger partial charge < -0.3 is 10.0 Å². The first-order valence-corrected chi connectivity index (χ1v) is 8.12. The summed E-state index contributed by atoms with van der Waals surface area (Å²) in [6.07, 6.45) is 2.90. The number of aliphatic carboxylic acids is 1. The number of carboxylic acid groups (broad SMARTS) is 1. The molecular formula is C12H15N3O5S. The highest BCUT2D eigenvalue weighted by Gasteiger charge is 2.36. The zero-order valence-corrected chi connectivity index (χ0v) is 12.2. The molecule has 0 radical (unpaired) electrons. The van der Waals surface area contributed by atoms with E-state index in [0.29, 0.717) is 5.69 Å². The number of nitrogens with zero attached hydrogens (tertiary/aromatic N) is 3. The number of hydrogen-bond donors (Lipinski definition) is 1. The summed E-state index contributed by atoms with van der Waals surface area (Å²) in [4.78, 5) is 32.2. The van der Waals surface area contributed by atoms with Crippen LogP contribution in [0.2, 0.25) is 0 Å².